The van der Waals surface area contributed by atoms with Crippen LogP contribution in [0.2, 0.25) is 0 Å². The molecule has 2 unspecified atom stereocenters. The number of carbonyl (C=O) groups is 2. The SMILES string of the molecule is C[C@]12C=CC(=O)C=C1CC[C@H]1[C@@H]3C[C@H]4O[C@@H](C5CCCCC5)O[C@@]4(C(=O)CN4CC[N+](C)(Cc5cc(C(O)CNCCCCCCOCCCCc6ccccc6)ccc5OP(=O)([O-])O)CC4)[C@@]3(C)C[C@H](O)[C@@]12F. The van der Waals surface area contributed by atoms with Gasteiger partial charge >= 0.3 is 7.82 Å². The van der Waals surface area contributed by atoms with Crippen molar-refractivity contribution in [3.63, 3.8) is 0 Å². The maximum atomic E-state index is 18.2. The molecule has 5 aliphatic carbocycles. The van der Waals surface area contributed by atoms with Crippen LogP contribution in [-0.4, -0.2) is 132 Å². The highest BCUT2D eigenvalue weighted by atomic mass is 31.2. The van der Waals surface area contributed by atoms with Crippen molar-refractivity contribution >= 4 is 19.4 Å². The number of ketones is 2. The number of rotatable bonds is 23. The molecule has 2 heterocycles. The lowest BCUT2D eigenvalue weighted by atomic mass is 9.44. The van der Waals surface area contributed by atoms with E-state index in [1.807, 2.05) is 19.9 Å². The molecule has 2 saturated heterocycles. The van der Waals surface area contributed by atoms with Crippen LogP contribution >= 0.6 is 7.82 Å². The molecule has 0 spiro atoms. The van der Waals surface area contributed by atoms with Gasteiger partial charge in [0, 0.05) is 61.1 Å². The van der Waals surface area contributed by atoms with Gasteiger partial charge in [-0.15, -0.1) is 0 Å². The lowest BCUT2D eigenvalue weighted by Gasteiger charge is -2.62. The summed E-state index contributed by atoms with van der Waals surface area (Å²) in [6.45, 7) is 9.17. The molecular weight excluding hydrogens is 965 g/mol. The van der Waals surface area contributed by atoms with E-state index in [1.165, 1.54) is 17.7 Å². The highest BCUT2D eigenvalue weighted by Gasteiger charge is 2.79. The van der Waals surface area contributed by atoms with Gasteiger partial charge in [-0.05, 0) is 125 Å². The van der Waals surface area contributed by atoms with Gasteiger partial charge in [-0.1, -0.05) is 87.1 Å². The summed E-state index contributed by atoms with van der Waals surface area (Å²) in [4.78, 5) is 51.8. The van der Waals surface area contributed by atoms with E-state index in [1.54, 1.807) is 24.3 Å². The maximum Gasteiger partial charge on any atom is 0.317 e. The van der Waals surface area contributed by atoms with E-state index in [0.29, 0.717) is 79.7 Å². The van der Waals surface area contributed by atoms with Gasteiger partial charge in [-0.2, -0.15) is 0 Å². The average molecular weight is 1050 g/mol. The van der Waals surface area contributed by atoms with E-state index in [9.17, 15) is 29.4 Å². The fourth-order valence-corrected chi connectivity index (χ4v) is 15.2. The van der Waals surface area contributed by atoms with Gasteiger partial charge in [-0.25, -0.2) is 4.39 Å². The van der Waals surface area contributed by atoms with E-state index in [0.717, 1.165) is 96.8 Å². The fourth-order valence-electron chi connectivity index (χ4n) is 14.7. The van der Waals surface area contributed by atoms with Crippen LogP contribution in [0.25, 0.3) is 0 Å². The zero-order valence-corrected chi connectivity index (χ0v) is 45.0. The van der Waals surface area contributed by atoms with Crippen LogP contribution in [0, 0.1) is 28.6 Å². The first-order chi connectivity index (χ1) is 35.4. The minimum Gasteiger partial charge on any atom is -0.746 e. The Morgan fingerprint density at radius 1 is 1.00 bits per heavy atom. The van der Waals surface area contributed by atoms with Gasteiger partial charge in [0.15, 0.2) is 29.1 Å². The lowest BCUT2D eigenvalue weighted by Crippen LogP contribution is -2.70. The first-order valence-electron chi connectivity index (χ1n) is 28.0. The topological polar surface area (TPSA) is 187 Å². The Morgan fingerprint density at radius 3 is 2.47 bits per heavy atom. The zero-order chi connectivity index (χ0) is 52.4. The molecule has 0 bridgehead atoms. The summed E-state index contributed by atoms with van der Waals surface area (Å²) in [5.41, 5.74) is -2.29. The number of phosphoric acid groups is 1. The number of carbonyl (C=O) groups excluding carboxylic acids is 2. The molecule has 2 aromatic rings. The number of benzene rings is 2. The number of halogens is 1. The number of aliphatic hydroxyl groups is 2. The zero-order valence-electron chi connectivity index (χ0n) is 44.1. The second kappa shape index (κ2) is 23.0. The fraction of sp³-hybridized carbons (Fsp3) is 0.690. The van der Waals surface area contributed by atoms with Crippen molar-refractivity contribution in [2.24, 2.45) is 28.6 Å². The molecule has 2 aliphatic heterocycles. The molecule has 74 heavy (non-hydrogen) atoms. The number of unbranched alkanes of at least 4 members (excludes halogenated alkanes) is 4. The molecule has 0 aromatic heterocycles. The predicted molar refractivity (Wildman–Crippen MR) is 277 cm³/mol. The number of aryl methyl sites for hydroxylation is 1. The van der Waals surface area contributed by atoms with Crippen LogP contribution < -0.4 is 14.7 Å². The standard InChI is InChI=1S/C58H83FN3O11P/c1-55-26-25-46(63)35-45(55)22-23-47-48-36-53-58(56(48,2)37-51(65)57(47,55)59,72-54(71-53)42-19-10-7-11-20-42)52(66)39-61-28-30-62(3,31-29-61)40-44-34-43(21-24-50(44)73-74(67,68)69)49(64)38-60-27-13-4-5-14-32-70-33-15-12-18-41-16-8-6-9-17-41/h6,8-9,16-17,21,24-26,34-35,42,47-49,51,53-54,60,64-65H,4-5,7,10-15,18-20,22-23,27-33,36-40H2,1-3H3,(H-,67,68,69)/t47-,48-,49?,51-,53+,54+,55-,56-,57-,58+/m0/s1. The van der Waals surface area contributed by atoms with Gasteiger partial charge in [0.05, 0.1) is 45.0 Å². The molecule has 11 atom stereocenters. The van der Waals surface area contributed by atoms with Crippen molar-refractivity contribution in [2.45, 2.75) is 159 Å². The van der Waals surface area contributed by atoms with Crippen LogP contribution in [0.5, 0.6) is 5.75 Å². The van der Waals surface area contributed by atoms with Crippen LogP contribution in [0.1, 0.15) is 133 Å². The number of fused-ring (bicyclic) bond motifs is 7. The molecule has 0 amide bonds. The number of nitrogens with one attached hydrogen (secondary N) is 1. The van der Waals surface area contributed by atoms with E-state index < -0.39 is 60.4 Å². The number of hydrogen-bond acceptors (Lipinski definition) is 12. The lowest BCUT2D eigenvalue weighted by molar-refractivity contribution is -0.926. The summed E-state index contributed by atoms with van der Waals surface area (Å²) in [6.07, 6.45) is 15.2. The highest BCUT2D eigenvalue weighted by Crippen LogP contribution is 2.72. The third-order valence-electron chi connectivity index (χ3n) is 18.9. The summed E-state index contributed by atoms with van der Waals surface area (Å²) in [5.74, 6) is -0.999. The van der Waals surface area contributed by atoms with Crippen molar-refractivity contribution in [3.05, 3.63) is 89.0 Å². The molecule has 4 saturated carbocycles. The summed E-state index contributed by atoms with van der Waals surface area (Å²) in [6, 6.07) is 15.4. The Hall–Kier alpha value is -3.18. The number of aliphatic hydroxyl groups excluding tert-OH is 2. The molecule has 14 nitrogen and oxygen atoms in total. The number of hydrogen-bond donors (Lipinski definition) is 4. The molecular formula is C58H83FN3O11P. The second-order valence-corrected chi connectivity index (χ2v) is 24.9. The first-order valence-corrected chi connectivity index (χ1v) is 29.5. The average Bonchev–Trinajstić information content (AvgIpc) is 3.90. The minimum absolute atomic E-state index is 0.00195. The van der Waals surface area contributed by atoms with Crippen molar-refractivity contribution < 1.29 is 61.8 Å². The Balaban J connectivity index is 0.800. The number of quaternary nitrogens is 1. The molecule has 0 radical (unpaired) electrons. The quantitative estimate of drug-likeness (QED) is 0.0484. The number of alkyl halides is 1. The van der Waals surface area contributed by atoms with E-state index in [4.69, 9.17) is 18.7 Å². The van der Waals surface area contributed by atoms with Crippen molar-refractivity contribution in [1.82, 2.24) is 10.2 Å². The number of Topliss-reactive ketones (excluding diaryl/α,β-unsaturated/α-hetero) is 1. The van der Waals surface area contributed by atoms with Gasteiger partial charge < -0.3 is 48.5 Å². The first kappa shape index (κ1) is 55.6. The molecule has 16 heteroatoms. The Kier molecular flexibility index (Phi) is 17.3. The molecule has 408 valence electrons. The summed E-state index contributed by atoms with van der Waals surface area (Å²) < 4.78 is 55.7. The Morgan fingerprint density at radius 2 is 1.73 bits per heavy atom. The Labute approximate surface area is 438 Å². The smallest absolute Gasteiger partial charge is 0.317 e. The van der Waals surface area contributed by atoms with E-state index >= 15 is 9.18 Å². The molecule has 2 aromatic carbocycles. The molecule has 6 fully saturated rings. The van der Waals surface area contributed by atoms with E-state index in [2.05, 4.69) is 41.5 Å². The second-order valence-electron chi connectivity index (χ2n) is 23.8. The summed E-state index contributed by atoms with van der Waals surface area (Å²) in [7, 11) is -3.08. The maximum absolute atomic E-state index is 18.2. The highest BCUT2D eigenvalue weighted by molar-refractivity contribution is 7.45. The number of nitrogens with zero attached hydrogens (tertiary/aromatic N) is 2. The monoisotopic (exact) mass is 1050 g/mol. The van der Waals surface area contributed by atoms with Gasteiger partial charge in [0.2, 0.25) is 0 Å². The van der Waals surface area contributed by atoms with Crippen LogP contribution in [0.4, 0.5) is 4.39 Å². The molecule has 9 rings (SSSR count). The number of ether oxygens (including phenoxy) is 3. The number of allylic oxidation sites excluding steroid dienone is 4. The van der Waals surface area contributed by atoms with Gasteiger partial charge in [0.1, 0.15) is 12.3 Å². The van der Waals surface area contributed by atoms with Crippen molar-refractivity contribution in [3.8, 4) is 5.75 Å². The van der Waals surface area contributed by atoms with Crippen molar-refractivity contribution in [1.29, 1.82) is 0 Å². The predicted octanol–water partition coefficient (Wildman–Crippen LogP) is 7.62. The number of likely N-dealkylation sites (N-methyl/N-ethyl adjacent to an activating group) is 1. The molecule has 4 N–H and O–H groups in total. The van der Waals surface area contributed by atoms with Gasteiger partial charge in [0.25, 0.3) is 0 Å². The largest absolute Gasteiger partial charge is 0.746 e. The number of phosphoric ester groups is 1. The van der Waals surface area contributed by atoms with E-state index in [-0.39, 0.29) is 42.1 Å². The number of piperazine rings is 1. The Bertz CT molecular complexity index is 2390. The van der Waals surface area contributed by atoms with Crippen molar-refractivity contribution in [2.75, 3.05) is 66.1 Å². The summed E-state index contributed by atoms with van der Waals surface area (Å²) >= 11 is 0. The van der Waals surface area contributed by atoms with Gasteiger partial charge in [-0.3, -0.25) is 19.1 Å². The summed E-state index contributed by atoms with van der Waals surface area (Å²) in [5, 5.41) is 26.9. The molecule has 7 aliphatic rings. The normalized spacial score (nSPS) is 34.0. The third kappa shape index (κ3) is 11.4. The van der Waals surface area contributed by atoms with Crippen LogP contribution in [0.3, 0.4) is 0 Å². The van der Waals surface area contributed by atoms with Crippen LogP contribution in [0.15, 0.2) is 72.3 Å². The minimum atomic E-state index is -5.15. The third-order valence-corrected chi connectivity index (χ3v) is 19.4. The van der Waals surface area contributed by atoms with Crippen LogP contribution in [-0.2, 0) is 41.3 Å².